The number of nitrogens with zero attached hydrogens (tertiary/aromatic N) is 7. The minimum absolute atomic E-state index is 0.00622. The number of nitrogens with one attached hydrogen (secondary N) is 2. The Balaban J connectivity index is 1.39. The molecule has 1 unspecified atom stereocenters. The van der Waals surface area contributed by atoms with E-state index in [1.54, 1.807) is 45.2 Å². The van der Waals surface area contributed by atoms with E-state index < -0.39 is 30.0 Å². The SMILES string of the molecule is Cc1cc(CN2C(=O)c3c(ncn3[C@@H](C)C(=O)Nc3cccc(-c4noc(=O)[nH]4)n3)N(C)C2O)no1. The zero-order valence-corrected chi connectivity index (χ0v) is 19.4. The highest BCUT2D eigenvalue weighted by Gasteiger charge is 2.40. The van der Waals surface area contributed by atoms with Crippen LogP contribution in [0, 0.1) is 6.92 Å². The molecule has 0 radical (unpaired) electrons. The highest BCUT2D eigenvalue weighted by molar-refractivity contribution is 6.01. The van der Waals surface area contributed by atoms with Gasteiger partial charge in [-0.25, -0.2) is 14.8 Å². The summed E-state index contributed by atoms with van der Waals surface area (Å²) in [4.78, 5) is 51.2. The lowest BCUT2D eigenvalue weighted by molar-refractivity contribution is -0.118. The number of aromatic nitrogens is 6. The molecule has 0 bridgehead atoms. The molecule has 0 fully saturated rings. The smallest absolute Gasteiger partial charge is 0.361 e. The number of amides is 2. The predicted octanol–water partition coefficient (Wildman–Crippen LogP) is 0.486. The van der Waals surface area contributed by atoms with Crippen LogP contribution in [0.15, 0.2) is 44.4 Å². The number of aryl methyl sites for hydroxylation is 1. The number of H-pyrrole nitrogens is 1. The lowest BCUT2D eigenvalue weighted by Crippen LogP contribution is -2.54. The third kappa shape index (κ3) is 4.00. The first-order chi connectivity index (χ1) is 17.2. The number of fused-ring (bicyclic) bond motifs is 1. The Hall–Kier alpha value is -4.79. The summed E-state index contributed by atoms with van der Waals surface area (Å²) in [7, 11) is 1.59. The number of rotatable bonds is 6. The molecule has 2 atom stereocenters. The summed E-state index contributed by atoms with van der Waals surface area (Å²) in [5.74, 6) is -0.619. The van der Waals surface area contributed by atoms with Gasteiger partial charge in [0.1, 0.15) is 29.0 Å². The van der Waals surface area contributed by atoms with E-state index >= 15 is 0 Å². The monoisotopic (exact) mass is 495 g/mol. The van der Waals surface area contributed by atoms with Crippen LogP contribution in [0.2, 0.25) is 0 Å². The Bertz CT molecular complexity index is 1500. The Morgan fingerprint density at radius 2 is 2.08 bits per heavy atom. The van der Waals surface area contributed by atoms with E-state index in [-0.39, 0.29) is 35.4 Å². The number of carbonyl (C=O) groups is 2. The molecular weight excluding hydrogens is 474 g/mol. The molecular formula is C21H21N9O6. The number of hydrogen-bond acceptors (Lipinski definition) is 11. The molecule has 15 nitrogen and oxygen atoms in total. The molecule has 4 aromatic heterocycles. The summed E-state index contributed by atoms with van der Waals surface area (Å²) >= 11 is 0. The van der Waals surface area contributed by atoms with Crippen LogP contribution in [0.3, 0.4) is 0 Å². The number of imidazole rings is 1. The summed E-state index contributed by atoms with van der Waals surface area (Å²) in [5.41, 5.74) is 0.886. The van der Waals surface area contributed by atoms with E-state index in [1.807, 2.05) is 0 Å². The molecule has 1 aliphatic rings. The molecule has 1 aliphatic heterocycles. The molecule has 3 N–H and O–H groups in total. The Morgan fingerprint density at radius 1 is 1.28 bits per heavy atom. The van der Waals surface area contributed by atoms with E-state index in [0.717, 1.165) is 0 Å². The molecule has 0 saturated heterocycles. The average Bonchev–Trinajstić information content (AvgIpc) is 3.60. The van der Waals surface area contributed by atoms with Gasteiger partial charge in [0, 0.05) is 13.1 Å². The van der Waals surface area contributed by atoms with Crippen LogP contribution in [-0.2, 0) is 11.3 Å². The number of aliphatic hydroxyl groups excluding tert-OH is 1. The van der Waals surface area contributed by atoms with E-state index in [4.69, 9.17) is 4.52 Å². The molecule has 5 heterocycles. The minimum Gasteiger partial charge on any atom is -0.361 e. The third-order valence-corrected chi connectivity index (χ3v) is 5.69. The number of pyridine rings is 1. The first-order valence-corrected chi connectivity index (χ1v) is 10.8. The number of anilines is 2. The second-order valence-corrected chi connectivity index (χ2v) is 8.16. The fourth-order valence-electron chi connectivity index (χ4n) is 3.82. The lowest BCUT2D eigenvalue weighted by atomic mass is 10.2. The first kappa shape index (κ1) is 23.0. The van der Waals surface area contributed by atoms with Crippen molar-refractivity contribution in [2.45, 2.75) is 32.8 Å². The minimum atomic E-state index is -1.29. The third-order valence-electron chi connectivity index (χ3n) is 5.69. The maximum absolute atomic E-state index is 13.4. The maximum atomic E-state index is 13.4. The van der Waals surface area contributed by atoms with Gasteiger partial charge in [0.25, 0.3) is 5.91 Å². The highest BCUT2D eigenvalue weighted by atomic mass is 16.5. The standard InChI is InChI=1S/C21H21N9O6/c1-10-7-12(26-35-10)8-29-19(32)15-17(28(3)21(29)34)22-9-30(15)11(2)18(31)24-14-6-4-5-13(23-14)16-25-20(33)36-27-16/h4-7,9,11,21,34H,8H2,1-3H3,(H,23,24,31)(H,25,27,33)/t11-,21?/m0/s1. The van der Waals surface area contributed by atoms with Crippen LogP contribution < -0.4 is 16.0 Å². The van der Waals surface area contributed by atoms with E-state index in [0.29, 0.717) is 11.5 Å². The number of aliphatic hydroxyl groups is 1. The van der Waals surface area contributed by atoms with Crippen molar-refractivity contribution in [3.05, 3.63) is 58.3 Å². The van der Waals surface area contributed by atoms with Crippen molar-refractivity contribution in [2.75, 3.05) is 17.3 Å². The van der Waals surface area contributed by atoms with Gasteiger partial charge in [-0.05, 0) is 26.0 Å². The van der Waals surface area contributed by atoms with Crippen LogP contribution in [-0.4, -0.2) is 65.1 Å². The van der Waals surface area contributed by atoms with Crippen molar-refractivity contribution in [2.24, 2.45) is 0 Å². The van der Waals surface area contributed by atoms with E-state index in [9.17, 15) is 19.5 Å². The molecule has 186 valence electrons. The lowest BCUT2D eigenvalue weighted by Gasteiger charge is -2.38. The van der Waals surface area contributed by atoms with Crippen molar-refractivity contribution in [1.82, 2.24) is 34.7 Å². The number of carbonyl (C=O) groups excluding carboxylic acids is 2. The van der Waals surface area contributed by atoms with Crippen molar-refractivity contribution in [1.29, 1.82) is 0 Å². The fourth-order valence-corrected chi connectivity index (χ4v) is 3.82. The van der Waals surface area contributed by atoms with Crippen LogP contribution in [0.25, 0.3) is 11.5 Å². The topological polar surface area (TPSA) is 189 Å². The molecule has 36 heavy (non-hydrogen) atoms. The second kappa shape index (κ2) is 8.77. The molecule has 0 aliphatic carbocycles. The van der Waals surface area contributed by atoms with E-state index in [2.05, 4.69) is 35.1 Å². The second-order valence-electron chi connectivity index (χ2n) is 8.16. The molecule has 0 spiro atoms. The molecule has 4 aromatic rings. The van der Waals surface area contributed by atoms with E-state index in [1.165, 1.54) is 20.7 Å². The summed E-state index contributed by atoms with van der Waals surface area (Å²) < 4.78 is 11.0. The number of hydrogen-bond donors (Lipinski definition) is 3. The predicted molar refractivity (Wildman–Crippen MR) is 121 cm³/mol. The maximum Gasteiger partial charge on any atom is 0.439 e. The summed E-state index contributed by atoms with van der Waals surface area (Å²) in [6.45, 7) is 3.31. The molecule has 15 heteroatoms. The summed E-state index contributed by atoms with van der Waals surface area (Å²) in [6, 6.07) is 5.56. The van der Waals surface area contributed by atoms with Crippen molar-refractivity contribution < 1.29 is 23.7 Å². The Labute approximate surface area is 202 Å². The van der Waals surface area contributed by atoms with Crippen molar-refractivity contribution in [3.63, 3.8) is 0 Å². The average molecular weight is 495 g/mol. The zero-order valence-electron chi connectivity index (χ0n) is 19.4. The molecule has 0 saturated carbocycles. The normalized spacial score (nSPS) is 16.2. The Morgan fingerprint density at radius 3 is 2.78 bits per heavy atom. The summed E-state index contributed by atoms with van der Waals surface area (Å²) in [5, 5.41) is 20.9. The molecule has 2 amide bonds. The van der Waals surface area contributed by atoms with Gasteiger partial charge >= 0.3 is 5.76 Å². The van der Waals surface area contributed by atoms with Crippen molar-refractivity contribution >= 4 is 23.5 Å². The van der Waals surface area contributed by atoms with Gasteiger partial charge in [-0.15, -0.1) is 0 Å². The van der Waals surface area contributed by atoms with Crippen LogP contribution in [0.1, 0.15) is 34.9 Å². The van der Waals surface area contributed by atoms with Gasteiger partial charge in [0.2, 0.25) is 18.1 Å². The van der Waals surface area contributed by atoms with Crippen LogP contribution >= 0.6 is 0 Å². The molecule has 0 aromatic carbocycles. The number of aromatic amines is 1. The fraction of sp³-hybridized carbons (Fsp3) is 0.286. The quantitative estimate of drug-likeness (QED) is 0.337. The van der Waals surface area contributed by atoms with Gasteiger partial charge in [0.05, 0.1) is 12.9 Å². The van der Waals surface area contributed by atoms with Crippen LogP contribution in [0.5, 0.6) is 0 Å². The zero-order chi connectivity index (χ0) is 25.6. The van der Waals surface area contributed by atoms with Crippen LogP contribution in [0.4, 0.5) is 11.6 Å². The highest BCUT2D eigenvalue weighted by Crippen LogP contribution is 2.31. The van der Waals surface area contributed by atoms with Crippen molar-refractivity contribution in [3.8, 4) is 11.5 Å². The Kier molecular flexibility index (Phi) is 5.60. The van der Waals surface area contributed by atoms with Gasteiger partial charge in [-0.2, -0.15) is 0 Å². The van der Waals surface area contributed by atoms with Gasteiger partial charge in [-0.1, -0.05) is 16.4 Å². The van der Waals surface area contributed by atoms with Gasteiger partial charge in [0.15, 0.2) is 11.5 Å². The molecule has 5 rings (SSSR count). The largest absolute Gasteiger partial charge is 0.439 e. The first-order valence-electron chi connectivity index (χ1n) is 10.8. The van der Waals surface area contributed by atoms with Gasteiger partial charge in [-0.3, -0.25) is 24.0 Å². The summed E-state index contributed by atoms with van der Waals surface area (Å²) in [6.07, 6.45) is 0.0773. The van der Waals surface area contributed by atoms with Gasteiger partial charge < -0.3 is 24.4 Å².